The fourth-order valence-electron chi connectivity index (χ4n) is 11.0. The van der Waals surface area contributed by atoms with Gasteiger partial charge in [0.1, 0.15) is 17.0 Å². The molecule has 6 heteroatoms. The third kappa shape index (κ3) is 5.45. The number of furan rings is 1. The van der Waals surface area contributed by atoms with Crippen molar-refractivity contribution >= 4 is 114 Å². The van der Waals surface area contributed by atoms with Crippen molar-refractivity contribution in [2.24, 2.45) is 0 Å². The molecule has 0 bridgehead atoms. The molecule has 4 aromatic heterocycles. The molecule has 67 heavy (non-hydrogen) atoms. The van der Waals surface area contributed by atoms with Crippen LogP contribution in [0.3, 0.4) is 0 Å². The molecule has 4 heterocycles. The highest BCUT2D eigenvalue weighted by Crippen LogP contribution is 2.49. The molecule has 312 valence electrons. The van der Waals surface area contributed by atoms with Crippen molar-refractivity contribution in [1.29, 1.82) is 0 Å². The van der Waals surface area contributed by atoms with Crippen molar-refractivity contribution in [2.45, 2.75) is 12.3 Å². The van der Waals surface area contributed by atoms with Crippen LogP contribution in [-0.4, -0.2) is 19.5 Å². The van der Waals surface area contributed by atoms with Gasteiger partial charge in [-0.1, -0.05) is 158 Å². The number of allylic oxidation sites excluding steroid dienone is 1. The van der Waals surface area contributed by atoms with Crippen LogP contribution >= 0.6 is 11.3 Å². The van der Waals surface area contributed by atoms with Gasteiger partial charge in [0.05, 0.1) is 27.7 Å². The predicted octanol–water partition coefficient (Wildman–Crippen LogP) is 16.4. The Balaban J connectivity index is 1.14. The van der Waals surface area contributed by atoms with Gasteiger partial charge in [-0.25, -0.2) is 15.0 Å². The number of rotatable bonds is 4. The Labute approximate surface area is 387 Å². The van der Waals surface area contributed by atoms with E-state index in [2.05, 4.69) is 205 Å². The number of nitrogens with zero attached hydrogens (tertiary/aromatic N) is 4. The molecular weight excluding hydrogens is 837 g/mol. The van der Waals surface area contributed by atoms with E-state index in [-0.39, 0.29) is 5.92 Å². The average Bonchev–Trinajstić information content (AvgIpc) is 4.06. The number of thiophene rings is 1. The molecule has 0 radical (unpaired) electrons. The maximum Gasteiger partial charge on any atom is 0.166 e. The van der Waals surface area contributed by atoms with Crippen molar-refractivity contribution in [3.8, 4) is 28.5 Å². The van der Waals surface area contributed by atoms with Crippen LogP contribution in [-0.2, 0) is 6.42 Å². The molecule has 0 saturated carbocycles. The van der Waals surface area contributed by atoms with Gasteiger partial charge in [0.25, 0.3) is 0 Å². The summed E-state index contributed by atoms with van der Waals surface area (Å²) in [5.74, 6) is 1.95. The minimum Gasteiger partial charge on any atom is -0.455 e. The highest BCUT2D eigenvalue weighted by atomic mass is 32.1. The summed E-state index contributed by atoms with van der Waals surface area (Å²) in [6.45, 7) is 0. The van der Waals surface area contributed by atoms with E-state index in [1.807, 2.05) is 11.3 Å². The molecule has 1 aliphatic rings. The van der Waals surface area contributed by atoms with Crippen LogP contribution in [0.2, 0.25) is 0 Å². The fourth-order valence-corrected chi connectivity index (χ4v) is 12.2. The van der Waals surface area contributed by atoms with Crippen LogP contribution in [0.5, 0.6) is 0 Å². The molecule has 1 atom stereocenters. The maximum absolute atomic E-state index is 7.01. The normalized spacial score (nSPS) is 14.0. The zero-order chi connectivity index (χ0) is 43.7. The van der Waals surface area contributed by atoms with Gasteiger partial charge in [-0.05, 0) is 86.9 Å². The van der Waals surface area contributed by atoms with E-state index in [0.717, 1.165) is 72.8 Å². The molecule has 14 aromatic rings. The highest BCUT2D eigenvalue weighted by Gasteiger charge is 2.29. The molecule has 0 spiro atoms. The van der Waals surface area contributed by atoms with Crippen molar-refractivity contribution < 1.29 is 4.42 Å². The minimum atomic E-state index is -0.0759. The largest absolute Gasteiger partial charge is 0.455 e. The first kappa shape index (κ1) is 36.8. The van der Waals surface area contributed by atoms with E-state index in [0.29, 0.717) is 11.6 Å². The third-order valence-electron chi connectivity index (χ3n) is 14.1. The Bertz CT molecular complexity index is 4360. The monoisotopic (exact) mass is 872 g/mol. The first-order chi connectivity index (χ1) is 33.2. The molecule has 15 rings (SSSR count). The Morgan fingerprint density at radius 2 is 1.10 bits per heavy atom. The van der Waals surface area contributed by atoms with Gasteiger partial charge < -0.3 is 8.98 Å². The number of fused-ring (bicyclic) bond motifs is 14. The predicted molar refractivity (Wildman–Crippen MR) is 280 cm³/mol. The maximum atomic E-state index is 7.01. The lowest BCUT2D eigenvalue weighted by molar-refractivity contribution is 0.672. The van der Waals surface area contributed by atoms with E-state index in [1.54, 1.807) is 0 Å². The quantitative estimate of drug-likeness (QED) is 0.177. The number of aromatic nitrogens is 4. The summed E-state index contributed by atoms with van der Waals surface area (Å²) in [5, 5.41) is 13.5. The van der Waals surface area contributed by atoms with E-state index in [9.17, 15) is 0 Å². The molecule has 1 aliphatic carbocycles. The van der Waals surface area contributed by atoms with Crippen LogP contribution in [0, 0.1) is 0 Å². The van der Waals surface area contributed by atoms with Crippen molar-refractivity contribution in [3.05, 3.63) is 211 Å². The molecule has 0 N–H and O–H groups in total. The smallest absolute Gasteiger partial charge is 0.166 e. The minimum absolute atomic E-state index is 0.0759. The first-order valence-electron chi connectivity index (χ1n) is 22.9. The van der Waals surface area contributed by atoms with Crippen LogP contribution < -0.4 is 0 Å². The van der Waals surface area contributed by atoms with E-state index in [4.69, 9.17) is 19.4 Å². The summed E-state index contributed by atoms with van der Waals surface area (Å²) < 4.78 is 11.9. The Morgan fingerprint density at radius 3 is 1.88 bits per heavy atom. The Hall–Kier alpha value is -8.45. The topological polar surface area (TPSA) is 56.7 Å². The number of hydrogen-bond acceptors (Lipinski definition) is 5. The highest BCUT2D eigenvalue weighted by molar-refractivity contribution is 7.25. The lowest BCUT2D eigenvalue weighted by Crippen LogP contribution is -2.13. The molecule has 1 unspecified atom stereocenters. The number of benzene rings is 10. The zero-order valence-corrected chi connectivity index (χ0v) is 36.8. The van der Waals surface area contributed by atoms with Gasteiger partial charge in [0, 0.05) is 53.2 Å². The summed E-state index contributed by atoms with van der Waals surface area (Å²) in [7, 11) is 0. The Kier molecular flexibility index (Phi) is 7.71. The number of hydrogen-bond donors (Lipinski definition) is 0. The second-order valence-corrected chi connectivity index (χ2v) is 18.9. The molecule has 0 aliphatic heterocycles. The second kappa shape index (κ2) is 14.0. The van der Waals surface area contributed by atoms with Crippen molar-refractivity contribution in [1.82, 2.24) is 19.5 Å². The number of para-hydroxylation sites is 1. The van der Waals surface area contributed by atoms with Crippen LogP contribution in [0.4, 0.5) is 0 Å². The van der Waals surface area contributed by atoms with Crippen molar-refractivity contribution in [2.75, 3.05) is 0 Å². The summed E-state index contributed by atoms with van der Waals surface area (Å²) in [6, 6.07) is 67.8. The molecule has 5 nitrogen and oxygen atoms in total. The van der Waals surface area contributed by atoms with E-state index < -0.39 is 0 Å². The molecule has 0 fully saturated rings. The van der Waals surface area contributed by atoms with Gasteiger partial charge in [-0.2, -0.15) is 0 Å². The van der Waals surface area contributed by atoms with E-state index in [1.165, 1.54) is 63.6 Å². The lowest BCUT2D eigenvalue weighted by Gasteiger charge is -2.21. The molecule has 10 aromatic carbocycles. The molecule has 0 saturated heterocycles. The average molecular weight is 873 g/mol. The standard InChI is InChI=1S/C61H36N4OS/c1-2-15-36-30-41(29-28-35(36)14-1)59-62-60(46-24-13-27-53-54(46)45-23-10-12-26-52(45)67-53)64-61(63-59)56-42-20-7-8-21-43(42)58-55(44-22-9-11-25-51(44)66-58)57(56)65-49-33-39-18-5-3-16-37(39)31-47(49)48-32-38-17-4-6-19-40(38)34-50(48)65/h1-29,31-34,41H,30H2. The zero-order valence-electron chi connectivity index (χ0n) is 35.9. The van der Waals surface area contributed by atoms with Gasteiger partial charge in [-0.3, -0.25) is 0 Å². The molecule has 0 amide bonds. The fraction of sp³-hybridized carbons (Fsp3) is 0.0328. The van der Waals surface area contributed by atoms with Crippen molar-refractivity contribution in [3.63, 3.8) is 0 Å². The van der Waals surface area contributed by atoms with Crippen LogP contribution in [0.1, 0.15) is 22.9 Å². The van der Waals surface area contributed by atoms with Gasteiger partial charge in [0.15, 0.2) is 11.6 Å². The summed E-state index contributed by atoms with van der Waals surface area (Å²) in [4.78, 5) is 16.9. The van der Waals surface area contributed by atoms with Gasteiger partial charge in [0.2, 0.25) is 0 Å². The van der Waals surface area contributed by atoms with Gasteiger partial charge >= 0.3 is 0 Å². The van der Waals surface area contributed by atoms with Crippen LogP contribution in [0.15, 0.2) is 199 Å². The summed E-state index contributed by atoms with van der Waals surface area (Å²) in [6.07, 6.45) is 5.30. The third-order valence-corrected chi connectivity index (χ3v) is 15.2. The SMILES string of the molecule is C1=CC(c2nc(-c3c(-n4c5cc6ccccc6cc5c5cc6ccccc6cc54)c4c5ccccc5oc4c4ccccc34)nc(-c3cccc4sc5ccccc5c34)n2)Cc2ccccc21. The first-order valence-corrected chi connectivity index (χ1v) is 23.7. The Morgan fingerprint density at radius 1 is 0.493 bits per heavy atom. The second-order valence-electron chi connectivity index (χ2n) is 17.8. The van der Waals surface area contributed by atoms with Gasteiger partial charge in [-0.15, -0.1) is 11.3 Å². The lowest BCUT2D eigenvalue weighted by atomic mass is 9.89. The van der Waals surface area contributed by atoms with E-state index >= 15 is 0 Å². The van der Waals surface area contributed by atoms with Crippen LogP contribution in [0.25, 0.3) is 131 Å². The summed E-state index contributed by atoms with van der Waals surface area (Å²) in [5.41, 5.74) is 9.30. The molecular formula is C61H36N4OS. The summed E-state index contributed by atoms with van der Waals surface area (Å²) >= 11 is 1.81.